The van der Waals surface area contributed by atoms with Gasteiger partial charge in [-0.05, 0) is 31.9 Å². The molecular weight excluding hydrogens is 460 g/mol. The third-order valence-corrected chi connectivity index (χ3v) is 6.81. The van der Waals surface area contributed by atoms with Gasteiger partial charge in [-0.2, -0.15) is 0 Å². The molecule has 1 saturated heterocycles. The van der Waals surface area contributed by atoms with Crippen LogP contribution in [0.2, 0.25) is 0 Å². The molecule has 1 aromatic rings. The van der Waals surface area contributed by atoms with Crippen molar-refractivity contribution in [3.8, 4) is 0 Å². The van der Waals surface area contributed by atoms with Crippen molar-refractivity contribution in [1.82, 2.24) is 10.2 Å². The zero-order valence-electron chi connectivity index (χ0n) is 16.4. The number of rotatable bonds is 5. The Balaban J connectivity index is 1.78. The molecule has 0 bridgehead atoms. The summed E-state index contributed by atoms with van der Waals surface area (Å²) in [6.45, 7) is 5.22. The lowest BCUT2D eigenvalue weighted by molar-refractivity contribution is -0.159. The smallest absolute Gasteiger partial charge is 0.355 e. The zero-order valence-corrected chi connectivity index (χ0v) is 18.8. The van der Waals surface area contributed by atoms with Crippen LogP contribution in [0.3, 0.4) is 0 Å². The molecule has 2 amide bonds. The molecule has 7 nitrogen and oxygen atoms in total. The summed E-state index contributed by atoms with van der Waals surface area (Å²) in [6, 6.07) is 8.23. The summed E-state index contributed by atoms with van der Waals surface area (Å²) in [5, 5.41) is 2.20. The minimum atomic E-state index is -1.44. The van der Waals surface area contributed by atoms with Gasteiger partial charge in [-0.25, -0.2) is 4.79 Å². The van der Waals surface area contributed by atoms with Crippen molar-refractivity contribution in [1.29, 1.82) is 0 Å². The number of fused-ring (bicyclic) bond motifs is 1. The first-order chi connectivity index (χ1) is 13.6. The number of alkyl halides is 1. The molecule has 0 spiro atoms. The van der Waals surface area contributed by atoms with Crippen LogP contribution in [-0.2, 0) is 36.3 Å². The largest absolute Gasteiger partial charge is 0.455 e. The summed E-state index contributed by atoms with van der Waals surface area (Å²) in [5.41, 5.74) is 0.760. The molecule has 2 aliphatic heterocycles. The van der Waals surface area contributed by atoms with Crippen LogP contribution in [0.1, 0.15) is 26.3 Å². The number of esters is 1. The average molecular weight is 483 g/mol. The van der Waals surface area contributed by atoms with Gasteiger partial charge in [0.25, 0.3) is 5.91 Å². The zero-order chi connectivity index (χ0) is 21.3. The van der Waals surface area contributed by atoms with Gasteiger partial charge in [0.15, 0.2) is 0 Å². The molecule has 0 aliphatic carbocycles. The maximum absolute atomic E-state index is 12.8. The molecule has 0 saturated carbocycles. The summed E-state index contributed by atoms with van der Waals surface area (Å²) in [5.74, 6) is -1.28. The van der Waals surface area contributed by atoms with Crippen LogP contribution < -0.4 is 5.32 Å². The van der Waals surface area contributed by atoms with Crippen molar-refractivity contribution < 1.29 is 23.3 Å². The van der Waals surface area contributed by atoms with Gasteiger partial charge < -0.3 is 10.1 Å². The lowest BCUT2D eigenvalue weighted by atomic mass is 10.0. The second kappa shape index (κ2) is 8.39. The number of hydrogen-bond donors (Lipinski definition) is 1. The number of benzene rings is 1. The second-order valence-corrected chi connectivity index (χ2v) is 10.0. The summed E-state index contributed by atoms with van der Waals surface area (Å²) in [6.07, 6.45) is 0.116. The first kappa shape index (κ1) is 21.7. The normalized spacial score (nSPS) is 23.9. The van der Waals surface area contributed by atoms with E-state index in [0.29, 0.717) is 10.9 Å². The molecular formula is C20H23BrN2O5S. The third-order valence-electron chi connectivity index (χ3n) is 4.48. The van der Waals surface area contributed by atoms with Gasteiger partial charge in [-0.3, -0.25) is 18.7 Å². The van der Waals surface area contributed by atoms with Crippen molar-refractivity contribution in [2.24, 2.45) is 0 Å². The molecule has 1 aromatic carbocycles. The number of ether oxygens (including phenoxy) is 1. The number of hydrogen-bond acceptors (Lipinski definition) is 5. The maximum Gasteiger partial charge on any atom is 0.355 e. The molecule has 3 atom stereocenters. The van der Waals surface area contributed by atoms with Crippen LogP contribution in [0.25, 0.3) is 0 Å². The molecule has 0 radical (unpaired) electrons. The second-order valence-electron chi connectivity index (χ2n) is 7.92. The minimum absolute atomic E-state index is 0.116. The van der Waals surface area contributed by atoms with Crippen LogP contribution in [0.4, 0.5) is 0 Å². The topological polar surface area (TPSA) is 92.8 Å². The van der Waals surface area contributed by atoms with E-state index in [4.69, 9.17) is 4.74 Å². The first-order valence-electron chi connectivity index (χ1n) is 9.17. The number of nitrogens with one attached hydrogen (secondary N) is 1. The van der Waals surface area contributed by atoms with E-state index in [0.717, 1.165) is 5.56 Å². The third kappa shape index (κ3) is 4.61. The van der Waals surface area contributed by atoms with Crippen LogP contribution in [0.15, 0.2) is 41.6 Å². The summed E-state index contributed by atoms with van der Waals surface area (Å²) in [4.78, 5) is 39.1. The Labute approximate surface area is 180 Å². The van der Waals surface area contributed by atoms with E-state index in [-0.39, 0.29) is 23.8 Å². The van der Waals surface area contributed by atoms with Crippen LogP contribution in [-0.4, -0.2) is 55.0 Å². The van der Waals surface area contributed by atoms with Gasteiger partial charge in [-0.1, -0.05) is 46.3 Å². The maximum atomic E-state index is 12.8. The number of halogens is 1. The monoisotopic (exact) mass is 482 g/mol. The highest BCUT2D eigenvalue weighted by molar-refractivity contribution is 9.09. The fourth-order valence-electron chi connectivity index (χ4n) is 3.28. The minimum Gasteiger partial charge on any atom is -0.455 e. The van der Waals surface area contributed by atoms with Gasteiger partial charge in [0.1, 0.15) is 22.7 Å². The van der Waals surface area contributed by atoms with E-state index >= 15 is 0 Å². The highest BCUT2D eigenvalue weighted by Gasteiger charge is 2.57. The molecule has 2 heterocycles. The fourth-order valence-corrected chi connectivity index (χ4v) is 5.69. The van der Waals surface area contributed by atoms with Crippen LogP contribution in [0.5, 0.6) is 0 Å². The number of amides is 2. The standard InChI is InChI=1S/C20H23BrN2O5S/c1-20(2,3)28-19(26)16-13(10-21)11-29(27)18-15(17(25)23(16)18)22-14(24)9-12-7-5-4-6-8-12/h4-8,15,18H,9-11H2,1-3H3,(H,22,24)/t15-,18-,29?/m1/s1. The van der Waals surface area contributed by atoms with Crippen molar-refractivity contribution in [3.63, 3.8) is 0 Å². The van der Waals surface area contributed by atoms with Gasteiger partial charge in [-0.15, -0.1) is 0 Å². The van der Waals surface area contributed by atoms with E-state index in [1.165, 1.54) is 4.90 Å². The first-order valence-corrected chi connectivity index (χ1v) is 11.7. The number of nitrogens with zero attached hydrogens (tertiary/aromatic N) is 1. The Morgan fingerprint density at radius 3 is 2.52 bits per heavy atom. The Hall–Kier alpha value is -2.00. The molecule has 0 aromatic heterocycles. The molecule has 1 unspecified atom stereocenters. The summed E-state index contributed by atoms with van der Waals surface area (Å²) < 4.78 is 18.2. The van der Waals surface area contributed by atoms with Gasteiger partial charge >= 0.3 is 5.97 Å². The highest BCUT2D eigenvalue weighted by atomic mass is 79.9. The Kier molecular flexibility index (Phi) is 6.28. The molecule has 9 heteroatoms. The van der Waals surface area contributed by atoms with E-state index in [1.54, 1.807) is 20.8 Å². The number of carbonyl (C=O) groups is 3. The van der Waals surface area contributed by atoms with Gasteiger partial charge in [0.05, 0.1) is 23.0 Å². The van der Waals surface area contributed by atoms with Crippen molar-refractivity contribution >= 4 is 44.5 Å². The van der Waals surface area contributed by atoms with Gasteiger partial charge in [0.2, 0.25) is 5.91 Å². The number of carbonyl (C=O) groups excluding carboxylic acids is 3. The molecule has 3 rings (SSSR count). The molecule has 29 heavy (non-hydrogen) atoms. The van der Waals surface area contributed by atoms with Crippen LogP contribution >= 0.6 is 15.9 Å². The summed E-state index contributed by atoms with van der Waals surface area (Å²) >= 11 is 3.30. The highest BCUT2D eigenvalue weighted by Crippen LogP contribution is 2.36. The Morgan fingerprint density at radius 1 is 1.28 bits per heavy atom. The van der Waals surface area contributed by atoms with Crippen molar-refractivity contribution in [3.05, 3.63) is 47.2 Å². The molecule has 1 fully saturated rings. The predicted octanol–water partition coefficient (Wildman–Crippen LogP) is 1.64. The predicted molar refractivity (Wildman–Crippen MR) is 112 cm³/mol. The van der Waals surface area contributed by atoms with E-state index in [2.05, 4.69) is 21.2 Å². The molecule has 156 valence electrons. The van der Waals surface area contributed by atoms with Crippen molar-refractivity contribution in [2.75, 3.05) is 11.1 Å². The van der Waals surface area contributed by atoms with Crippen LogP contribution in [0, 0.1) is 0 Å². The Morgan fingerprint density at radius 2 is 1.93 bits per heavy atom. The average Bonchev–Trinajstić information content (AvgIpc) is 2.64. The lowest BCUT2D eigenvalue weighted by Crippen LogP contribution is -2.73. The Bertz CT molecular complexity index is 894. The fraction of sp³-hybridized carbons (Fsp3) is 0.450. The van der Waals surface area contributed by atoms with E-state index < -0.39 is 39.7 Å². The molecule has 1 N–H and O–H groups in total. The van der Waals surface area contributed by atoms with Gasteiger partial charge in [0, 0.05) is 5.33 Å². The molecule has 2 aliphatic rings. The quantitative estimate of drug-likeness (QED) is 0.391. The van der Waals surface area contributed by atoms with E-state index in [9.17, 15) is 18.6 Å². The van der Waals surface area contributed by atoms with Crippen molar-refractivity contribution in [2.45, 2.75) is 44.2 Å². The number of β-lactam (4-membered cyclic amide) rings is 1. The van der Waals surface area contributed by atoms with E-state index in [1.807, 2.05) is 30.3 Å². The SMILES string of the molecule is CC(C)(C)OC(=O)C1=C(CBr)CS(=O)[C@@H]2[C@H](NC(=O)Cc3ccccc3)C(=O)N12. The lowest BCUT2D eigenvalue weighted by Gasteiger charge is -2.49. The summed E-state index contributed by atoms with van der Waals surface area (Å²) in [7, 11) is -1.44.